The van der Waals surface area contributed by atoms with Gasteiger partial charge in [0, 0.05) is 12.1 Å². The third-order valence-electron chi connectivity index (χ3n) is 3.38. The molecule has 98 valence electrons. The number of benzene rings is 1. The number of fused-ring (bicyclic) bond motifs is 1. The van der Waals surface area contributed by atoms with Crippen molar-refractivity contribution < 1.29 is 14.7 Å². The summed E-state index contributed by atoms with van der Waals surface area (Å²) in [6, 6.07) is 4.60. The Balaban J connectivity index is 1.92. The van der Waals surface area contributed by atoms with Gasteiger partial charge in [0.2, 0.25) is 0 Å². The van der Waals surface area contributed by atoms with Crippen LogP contribution in [-0.4, -0.2) is 39.5 Å². The quantitative estimate of drug-likeness (QED) is 0.910. The number of nitrogens with zero attached hydrogens (tertiary/aromatic N) is 2. The molecular weight excluding hydrogens is 264 g/mol. The highest BCUT2D eigenvalue weighted by atomic mass is 32.1. The zero-order valence-corrected chi connectivity index (χ0v) is 10.9. The van der Waals surface area contributed by atoms with Gasteiger partial charge in [0.05, 0.1) is 15.7 Å². The minimum atomic E-state index is -0.926. The van der Waals surface area contributed by atoms with Gasteiger partial charge in [-0.05, 0) is 31.0 Å². The van der Waals surface area contributed by atoms with Gasteiger partial charge in [-0.15, -0.1) is 11.3 Å². The second kappa shape index (κ2) is 4.62. The van der Waals surface area contributed by atoms with E-state index < -0.39 is 12.0 Å². The third-order valence-corrected chi connectivity index (χ3v) is 4.17. The summed E-state index contributed by atoms with van der Waals surface area (Å²) in [6.45, 7) is 0.510. The largest absolute Gasteiger partial charge is 0.480 e. The average molecular weight is 276 g/mol. The number of carboxylic acid groups (broad SMARTS) is 1. The highest BCUT2D eigenvalue weighted by Gasteiger charge is 2.34. The molecule has 1 atom stereocenters. The predicted octanol–water partition coefficient (Wildman–Crippen LogP) is 1.99. The Bertz CT molecular complexity index is 652. The monoisotopic (exact) mass is 276 g/mol. The van der Waals surface area contributed by atoms with E-state index in [0.29, 0.717) is 18.5 Å². The van der Waals surface area contributed by atoms with Gasteiger partial charge in [-0.3, -0.25) is 4.79 Å². The topological polar surface area (TPSA) is 70.5 Å². The van der Waals surface area contributed by atoms with Gasteiger partial charge in [0.25, 0.3) is 5.91 Å². The number of aromatic nitrogens is 1. The van der Waals surface area contributed by atoms with Crippen LogP contribution in [0.4, 0.5) is 0 Å². The number of carboxylic acids is 1. The maximum atomic E-state index is 12.4. The molecule has 2 heterocycles. The molecule has 3 rings (SSSR count). The Morgan fingerprint density at radius 1 is 1.42 bits per heavy atom. The van der Waals surface area contributed by atoms with E-state index in [1.165, 1.54) is 16.2 Å². The van der Waals surface area contributed by atoms with Gasteiger partial charge in [0.15, 0.2) is 0 Å². The molecule has 2 aromatic rings. The molecule has 1 aliphatic heterocycles. The molecule has 5 nitrogen and oxygen atoms in total. The van der Waals surface area contributed by atoms with Crippen molar-refractivity contribution in [2.24, 2.45) is 0 Å². The van der Waals surface area contributed by atoms with Crippen LogP contribution in [-0.2, 0) is 4.79 Å². The average Bonchev–Trinajstić information content (AvgIpc) is 3.05. The maximum Gasteiger partial charge on any atom is 0.326 e. The van der Waals surface area contributed by atoms with Crippen LogP contribution in [0.5, 0.6) is 0 Å². The minimum absolute atomic E-state index is 0.208. The van der Waals surface area contributed by atoms with Crippen molar-refractivity contribution in [2.45, 2.75) is 18.9 Å². The first kappa shape index (κ1) is 12.1. The Morgan fingerprint density at radius 2 is 2.26 bits per heavy atom. The Kier molecular flexibility index (Phi) is 2.94. The van der Waals surface area contributed by atoms with Crippen LogP contribution in [0.2, 0.25) is 0 Å². The van der Waals surface area contributed by atoms with Crippen LogP contribution in [0, 0.1) is 0 Å². The smallest absolute Gasteiger partial charge is 0.326 e. The van der Waals surface area contributed by atoms with E-state index in [4.69, 9.17) is 5.11 Å². The van der Waals surface area contributed by atoms with Crippen LogP contribution >= 0.6 is 11.3 Å². The fraction of sp³-hybridized carbons (Fsp3) is 0.308. The number of thiazole rings is 1. The zero-order chi connectivity index (χ0) is 13.4. The van der Waals surface area contributed by atoms with Gasteiger partial charge >= 0.3 is 5.97 Å². The lowest BCUT2D eigenvalue weighted by Crippen LogP contribution is -2.40. The van der Waals surface area contributed by atoms with Crippen molar-refractivity contribution in [3.63, 3.8) is 0 Å². The van der Waals surface area contributed by atoms with Crippen molar-refractivity contribution in [1.82, 2.24) is 9.88 Å². The van der Waals surface area contributed by atoms with Gasteiger partial charge in [0.1, 0.15) is 6.04 Å². The molecule has 1 aliphatic rings. The summed E-state index contributed by atoms with van der Waals surface area (Å²) in [5.41, 5.74) is 3.12. The van der Waals surface area contributed by atoms with E-state index in [2.05, 4.69) is 4.98 Å². The summed E-state index contributed by atoms with van der Waals surface area (Å²) in [7, 11) is 0. The fourth-order valence-corrected chi connectivity index (χ4v) is 3.14. The first-order chi connectivity index (χ1) is 9.16. The maximum absolute atomic E-state index is 12.4. The second-order valence-corrected chi connectivity index (χ2v) is 5.42. The molecule has 1 unspecified atom stereocenters. The summed E-state index contributed by atoms with van der Waals surface area (Å²) in [5.74, 6) is -1.13. The van der Waals surface area contributed by atoms with Crippen LogP contribution in [0.15, 0.2) is 23.7 Å². The lowest BCUT2D eigenvalue weighted by atomic mass is 10.1. The molecule has 1 amide bonds. The second-order valence-electron chi connectivity index (χ2n) is 4.53. The van der Waals surface area contributed by atoms with E-state index in [9.17, 15) is 9.59 Å². The van der Waals surface area contributed by atoms with E-state index in [-0.39, 0.29) is 5.91 Å². The lowest BCUT2D eigenvalue weighted by Gasteiger charge is -2.21. The summed E-state index contributed by atoms with van der Waals surface area (Å²) in [6.07, 6.45) is 1.27. The number of hydrogen-bond acceptors (Lipinski definition) is 4. The lowest BCUT2D eigenvalue weighted by molar-refractivity contribution is -0.141. The van der Waals surface area contributed by atoms with Crippen LogP contribution in [0.25, 0.3) is 10.2 Å². The summed E-state index contributed by atoms with van der Waals surface area (Å²) < 4.78 is 0.942. The first-order valence-electron chi connectivity index (χ1n) is 6.04. The van der Waals surface area contributed by atoms with Crippen LogP contribution < -0.4 is 0 Å². The Labute approximate surface area is 113 Å². The number of aliphatic carboxylic acids is 1. The van der Waals surface area contributed by atoms with Crippen molar-refractivity contribution in [3.8, 4) is 0 Å². The molecule has 0 aliphatic carbocycles. The van der Waals surface area contributed by atoms with Crippen molar-refractivity contribution in [2.75, 3.05) is 6.54 Å². The van der Waals surface area contributed by atoms with Gasteiger partial charge < -0.3 is 10.0 Å². The van der Waals surface area contributed by atoms with Gasteiger partial charge in [-0.1, -0.05) is 0 Å². The fourth-order valence-electron chi connectivity index (χ4n) is 2.42. The van der Waals surface area contributed by atoms with Crippen molar-refractivity contribution in [3.05, 3.63) is 29.3 Å². The molecule has 0 bridgehead atoms. The summed E-state index contributed by atoms with van der Waals surface area (Å²) in [4.78, 5) is 29.1. The van der Waals surface area contributed by atoms with E-state index in [1.54, 1.807) is 23.7 Å². The van der Waals surface area contributed by atoms with Crippen molar-refractivity contribution in [1.29, 1.82) is 0 Å². The Morgan fingerprint density at radius 3 is 3.05 bits per heavy atom. The van der Waals surface area contributed by atoms with Gasteiger partial charge in [-0.25, -0.2) is 9.78 Å². The molecule has 1 saturated heterocycles. The molecule has 0 spiro atoms. The highest BCUT2D eigenvalue weighted by molar-refractivity contribution is 7.16. The molecule has 19 heavy (non-hydrogen) atoms. The number of carbonyl (C=O) groups is 2. The molecule has 1 aromatic heterocycles. The van der Waals surface area contributed by atoms with E-state index in [0.717, 1.165) is 16.6 Å². The van der Waals surface area contributed by atoms with Gasteiger partial charge in [-0.2, -0.15) is 0 Å². The highest BCUT2D eigenvalue weighted by Crippen LogP contribution is 2.23. The summed E-state index contributed by atoms with van der Waals surface area (Å²) >= 11 is 1.47. The molecule has 1 fully saturated rings. The standard InChI is InChI=1S/C13H12N2O3S/c16-12(15-5-1-2-10(15)13(17)18)8-3-4-9-11(6-8)19-7-14-9/h3-4,6-7,10H,1-2,5H2,(H,17,18). The number of likely N-dealkylation sites (tertiary alicyclic amines) is 1. The molecule has 0 radical (unpaired) electrons. The van der Waals surface area contributed by atoms with E-state index in [1.807, 2.05) is 0 Å². The number of rotatable bonds is 2. The number of carbonyl (C=O) groups excluding carboxylic acids is 1. The van der Waals surface area contributed by atoms with E-state index >= 15 is 0 Å². The summed E-state index contributed by atoms with van der Waals surface area (Å²) in [5, 5.41) is 9.12. The number of amides is 1. The predicted molar refractivity (Wildman–Crippen MR) is 71.3 cm³/mol. The normalized spacial score (nSPS) is 18.9. The minimum Gasteiger partial charge on any atom is -0.480 e. The molecule has 6 heteroatoms. The molecular formula is C13H12N2O3S. The first-order valence-corrected chi connectivity index (χ1v) is 6.92. The number of hydrogen-bond donors (Lipinski definition) is 1. The van der Waals surface area contributed by atoms with Crippen LogP contribution in [0.3, 0.4) is 0 Å². The SMILES string of the molecule is O=C(O)C1CCCN1C(=O)c1ccc2ncsc2c1. The Hall–Kier alpha value is -1.95. The van der Waals surface area contributed by atoms with Crippen LogP contribution in [0.1, 0.15) is 23.2 Å². The zero-order valence-electron chi connectivity index (χ0n) is 10.1. The molecule has 1 N–H and O–H groups in total. The van der Waals surface area contributed by atoms with Crippen molar-refractivity contribution >= 4 is 33.4 Å². The molecule has 0 saturated carbocycles. The molecule has 1 aromatic carbocycles. The third kappa shape index (κ3) is 2.08.